The first-order valence-electron chi connectivity index (χ1n) is 13.1. The zero-order chi connectivity index (χ0) is 27.1. The van der Waals surface area contributed by atoms with Crippen molar-refractivity contribution >= 4 is 17.2 Å². The van der Waals surface area contributed by atoms with Gasteiger partial charge in [-0.3, -0.25) is 4.79 Å². The maximum atomic E-state index is 13.9. The highest BCUT2D eigenvalue weighted by Crippen LogP contribution is 2.42. The number of hydrogen-bond acceptors (Lipinski definition) is 4. The molecule has 0 saturated carbocycles. The Hall–Kier alpha value is -3.53. The maximum Gasteiger partial charge on any atom is 0.162 e. The third-order valence-corrected chi connectivity index (χ3v) is 8.35. The van der Waals surface area contributed by atoms with Crippen LogP contribution in [0, 0.1) is 39.5 Å². The normalized spacial score (nSPS) is 18.1. The van der Waals surface area contributed by atoms with Crippen LogP contribution < -0.4 is 11.5 Å². The predicted molar refractivity (Wildman–Crippen MR) is 154 cm³/mol. The summed E-state index contributed by atoms with van der Waals surface area (Å²) in [6.45, 7) is 12.6. The molecule has 0 amide bonds. The molecule has 3 aromatic rings. The summed E-state index contributed by atoms with van der Waals surface area (Å²) in [4.78, 5) is 13.9. The number of allylic oxidation sites excluding steroid dienone is 2. The molecule has 0 bridgehead atoms. The lowest BCUT2D eigenvalue weighted by Crippen LogP contribution is -2.36. The van der Waals surface area contributed by atoms with Gasteiger partial charge in [0.15, 0.2) is 5.78 Å². The van der Waals surface area contributed by atoms with Crippen molar-refractivity contribution in [3.05, 3.63) is 99.1 Å². The van der Waals surface area contributed by atoms with Gasteiger partial charge in [0.1, 0.15) is 5.75 Å². The quantitative estimate of drug-likeness (QED) is 0.332. The second kappa shape index (κ2) is 10.1. The number of aryl methyl sites for hydroxylation is 4. The molecule has 0 saturated heterocycles. The largest absolute Gasteiger partial charge is 0.508 e. The zero-order valence-electron chi connectivity index (χ0n) is 23.0. The van der Waals surface area contributed by atoms with E-state index in [2.05, 4.69) is 44.2 Å². The molecule has 194 valence electrons. The fourth-order valence-electron chi connectivity index (χ4n) is 5.85. The number of nitrogens with two attached hydrogens (primary N) is 2. The molecule has 3 aromatic carbocycles. The van der Waals surface area contributed by atoms with Crippen LogP contribution in [0.15, 0.2) is 60.2 Å². The van der Waals surface area contributed by atoms with Gasteiger partial charge < -0.3 is 16.6 Å². The SMILES string of the molecule is Cc1cc(CC2=CC(C(C)(C)c3ccc(O)cc3)CC(Cc3cc(C)c(N)c(C)c3)C2=O)cc(C)c1N. The van der Waals surface area contributed by atoms with E-state index in [4.69, 9.17) is 11.5 Å². The van der Waals surface area contributed by atoms with Crippen molar-refractivity contribution < 1.29 is 9.90 Å². The van der Waals surface area contributed by atoms with Crippen molar-refractivity contribution in [2.45, 2.75) is 66.2 Å². The lowest BCUT2D eigenvalue weighted by atomic mass is 9.65. The summed E-state index contributed by atoms with van der Waals surface area (Å²) >= 11 is 0. The molecule has 0 spiro atoms. The van der Waals surface area contributed by atoms with E-state index in [9.17, 15) is 9.90 Å². The number of carbonyl (C=O) groups is 1. The fourth-order valence-corrected chi connectivity index (χ4v) is 5.85. The number of hydrogen-bond donors (Lipinski definition) is 3. The molecular weight excluding hydrogens is 456 g/mol. The number of nitrogen functional groups attached to an aromatic ring is 2. The van der Waals surface area contributed by atoms with Crippen LogP contribution in [0.3, 0.4) is 0 Å². The van der Waals surface area contributed by atoms with E-state index in [1.165, 1.54) is 0 Å². The van der Waals surface area contributed by atoms with Gasteiger partial charge in [0.2, 0.25) is 0 Å². The number of phenolic OH excluding ortho intramolecular Hbond substituents is 1. The van der Waals surface area contributed by atoms with Crippen LogP contribution in [0.2, 0.25) is 0 Å². The van der Waals surface area contributed by atoms with Gasteiger partial charge in [-0.15, -0.1) is 0 Å². The van der Waals surface area contributed by atoms with Gasteiger partial charge in [-0.2, -0.15) is 0 Å². The Kier molecular flexibility index (Phi) is 7.23. The molecule has 0 aromatic heterocycles. The number of benzene rings is 3. The van der Waals surface area contributed by atoms with Crippen molar-refractivity contribution in [1.82, 2.24) is 0 Å². The number of Topliss-reactive ketones (excluding diaryl/α,β-unsaturated/α-hetero) is 1. The minimum atomic E-state index is -0.211. The molecule has 4 heteroatoms. The van der Waals surface area contributed by atoms with Gasteiger partial charge in [0.25, 0.3) is 0 Å². The lowest BCUT2D eigenvalue weighted by Gasteiger charge is -2.39. The highest BCUT2D eigenvalue weighted by molar-refractivity contribution is 5.98. The molecule has 4 nitrogen and oxygen atoms in total. The number of anilines is 2. The van der Waals surface area contributed by atoms with Crippen LogP contribution in [-0.2, 0) is 23.1 Å². The molecule has 4 rings (SSSR count). The second-order valence-electron chi connectivity index (χ2n) is 11.5. The summed E-state index contributed by atoms with van der Waals surface area (Å²) in [5.74, 6) is 0.550. The zero-order valence-corrected chi connectivity index (χ0v) is 23.0. The van der Waals surface area contributed by atoms with E-state index in [0.717, 1.165) is 62.3 Å². The molecule has 5 N–H and O–H groups in total. The average molecular weight is 497 g/mol. The van der Waals surface area contributed by atoms with Crippen LogP contribution in [0.1, 0.15) is 59.2 Å². The Morgan fingerprint density at radius 3 is 1.84 bits per heavy atom. The monoisotopic (exact) mass is 496 g/mol. The van der Waals surface area contributed by atoms with Crippen molar-refractivity contribution in [2.24, 2.45) is 11.8 Å². The molecule has 2 atom stereocenters. The van der Waals surface area contributed by atoms with Gasteiger partial charge in [-0.1, -0.05) is 56.3 Å². The summed E-state index contributed by atoms with van der Waals surface area (Å²) in [7, 11) is 0. The molecule has 2 unspecified atom stereocenters. The van der Waals surface area contributed by atoms with Gasteiger partial charge in [0, 0.05) is 23.7 Å². The minimum Gasteiger partial charge on any atom is -0.508 e. The van der Waals surface area contributed by atoms with E-state index < -0.39 is 0 Å². The second-order valence-corrected chi connectivity index (χ2v) is 11.5. The Morgan fingerprint density at radius 1 is 0.838 bits per heavy atom. The van der Waals surface area contributed by atoms with E-state index in [1.54, 1.807) is 12.1 Å². The van der Waals surface area contributed by atoms with Gasteiger partial charge in [-0.05, 0) is 109 Å². The minimum absolute atomic E-state index is 0.111. The first-order valence-corrected chi connectivity index (χ1v) is 13.1. The molecule has 0 aliphatic heterocycles. The Labute approximate surface area is 221 Å². The first-order chi connectivity index (χ1) is 17.4. The maximum absolute atomic E-state index is 13.9. The Morgan fingerprint density at radius 2 is 1.32 bits per heavy atom. The third kappa shape index (κ3) is 5.44. The fraction of sp³-hybridized carbons (Fsp3) is 0.364. The predicted octanol–water partition coefficient (Wildman–Crippen LogP) is 6.68. The van der Waals surface area contributed by atoms with Crippen molar-refractivity contribution in [2.75, 3.05) is 11.5 Å². The highest BCUT2D eigenvalue weighted by atomic mass is 16.3. The number of aromatic hydroxyl groups is 1. The molecule has 1 aliphatic carbocycles. The number of rotatable bonds is 6. The summed E-state index contributed by atoms with van der Waals surface area (Å²) in [5, 5.41) is 9.83. The van der Waals surface area contributed by atoms with Crippen LogP contribution in [0.4, 0.5) is 11.4 Å². The van der Waals surface area contributed by atoms with Crippen molar-refractivity contribution in [1.29, 1.82) is 0 Å². The molecular formula is C33H40N2O2. The standard InChI is InChI=1S/C33H40N2O2/c1-19-11-23(12-20(2)30(19)34)15-25-17-28(33(5,6)27-7-9-29(36)10-8-27)18-26(32(25)37)16-24-13-21(3)31(35)22(4)14-24/h7-14,17,26,28,36H,15-16,18,34-35H2,1-6H3. The summed E-state index contributed by atoms with van der Waals surface area (Å²) in [6.07, 6.45) is 4.28. The summed E-state index contributed by atoms with van der Waals surface area (Å²) < 4.78 is 0. The molecule has 0 heterocycles. The summed E-state index contributed by atoms with van der Waals surface area (Å²) in [6, 6.07) is 15.9. The average Bonchev–Trinajstić information content (AvgIpc) is 2.83. The molecule has 1 aliphatic rings. The van der Waals surface area contributed by atoms with Crippen LogP contribution >= 0.6 is 0 Å². The van der Waals surface area contributed by atoms with Gasteiger partial charge >= 0.3 is 0 Å². The van der Waals surface area contributed by atoms with Gasteiger partial charge in [-0.25, -0.2) is 0 Å². The van der Waals surface area contributed by atoms with Crippen LogP contribution in [0.5, 0.6) is 5.75 Å². The van der Waals surface area contributed by atoms with Crippen LogP contribution in [0.25, 0.3) is 0 Å². The van der Waals surface area contributed by atoms with E-state index >= 15 is 0 Å². The number of ketones is 1. The van der Waals surface area contributed by atoms with Crippen LogP contribution in [-0.4, -0.2) is 10.9 Å². The first kappa shape index (κ1) is 26.5. The third-order valence-electron chi connectivity index (χ3n) is 8.35. The van der Waals surface area contributed by atoms with Gasteiger partial charge in [0.05, 0.1) is 0 Å². The molecule has 0 fully saturated rings. The molecule has 0 radical (unpaired) electrons. The number of carbonyl (C=O) groups excluding carboxylic acids is 1. The molecule has 37 heavy (non-hydrogen) atoms. The Bertz CT molecular complexity index is 1320. The van der Waals surface area contributed by atoms with Crippen molar-refractivity contribution in [3.63, 3.8) is 0 Å². The highest BCUT2D eigenvalue weighted by Gasteiger charge is 2.38. The van der Waals surface area contributed by atoms with E-state index in [1.807, 2.05) is 39.8 Å². The van der Waals surface area contributed by atoms with E-state index in [-0.39, 0.29) is 28.8 Å². The van der Waals surface area contributed by atoms with Crippen molar-refractivity contribution in [3.8, 4) is 5.75 Å². The summed E-state index contributed by atoms with van der Waals surface area (Å²) in [5.41, 5.74) is 22.3. The van der Waals surface area contributed by atoms with E-state index in [0.29, 0.717) is 12.8 Å². The lowest BCUT2D eigenvalue weighted by molar-refractivity contribution is -0.120. The number of phenols is 1. The Balaban J connectivity index is 1.73. The topological polar surface area (TPSA) is 89.3 Å². The smallest absolute Gasteiger partial charge is 0.162 e.